The number of aliphatic carboxylic acids is 1. The van der Waals surface area contributed by atoms with Crippen molar-refractivity contribution in [2.75, 3.05) is 6.54 Å². The molecule has 4 N–H and O–H groups in total. The number of phenolic OH excluding ortho intramolecular Hbond substituents is 2. The minimum atomic E-state index is -0.989. The fourth-order valence-corrected chi connectivity index (χ4v) is 1.33. The molecule has 82 valence electrons. The number of carboxylic acids is 1. The second-order valence-electron chi connectivity index (χ2n) is 3.21. The van der Waals surface area contributed by atoms with Gasteiger partial charge in [0.1, 0.15) is 11.5 Å². The molecule has 0 aliphatic carbocycles. The van der Waals surface area contributed by atoms with Gasteiger partial charge in [-0.1, -0.05) is 6.07 Å². The normalized spacial score (nSPS) is 12.3. The molecule has 1 aromatic rings. The number of carboxylic acid groups (broad SMARTS) is 1. The van der Waals surface area contributed by atoms with Crippen molar-refractivity contribution in [3.05, 3.63) is 23.8 Å². The highest BCUT2D eigenvalue weighted by molar-refractivity contribution is 5.69. The van der Waals surface area contributed by atoms with Crippen molar-refractivity contribution in [3.63, 3.8) is 0 Å². The largest absolute Gasteiger partial charge is 0.507 e. The molecule has 1 atom stereocenters. The van der Waals surface area contributed by atoms with E-state index in [1.54, 1.807) is 6.92 Å². The predicted octanol–water partition coefficient (Wildman–Crippen LogP) is 0.833. The van der Waals surface area contributed by atoms with Gasteiger partial charge in [0.15, 0.2) is 0 Å². The molecule has 0 aliphatic heterocycles. The van der Waals surface area contributed by atoms with E-state index in [0.29, 0.717) is 5.56 Å². The first kappa shape index (κ1) is 11.3. The molecular weight excluding hydrogens is 198 g/mol. The van der Waals surface area contributed by atoms with Crippen LogP contribution in [0, 0.1) is 0 Å². The third kappa shape index (κ3) is 2.85. The number of phenols is 2. The maximum Gasteiger partial charge on any atom is 0.317 e. The standard InChI is InChI=1S/C10H13NO4/c1-6(11-5-9(14)15)10-7(12)3-2-4-8(10)13/h2-4,6,11-13H,5H2,1H3,(H,14,15). The zero-order chi connectivity index (χ0) is 11.4. The summed E-state index contributed by atoms with van der Waals surface area (Å²) in [7, 11) is 0. The van der Waals surface area contributed by atoms with E-state index in [1.165, 1.54) is 18.2 Å². The molecule has 5 nitrogen and oxygen atoms in total. The van der Waals surface area contributed by atoms with Crippen molar-refractivity contribution < 1.29 is 20.1 Å². The Kier molecular flexibility index (Phi) is 3.51. The van der Waals surface area contributed by atoms with E-state index in [9.17, 15) is 15.0 Å². The molecule has 0 bridgehead atoms. The molecule has 0 heterocycles. The Morgan fingerprint density at radius 1 is 1.40 bits per heavy atom. The molecule has 1 rings (SSSR count). The summed E-state index contributed by atoms with van der Waals surface area (Å²) in [6.07, 6.45) is 0. The Labute approximate surface area is 87.0 Å². The van der Waals surface area contributed by atoms with Crippen LogP contribution in [0.15, 0.2) is 18.2 Å². The first-order valence-corrected chi connectivity index (χ1v) is 4.48. The summed E-state index contributed by atoms with van der Waals surface area (Å²) in [5.41, 5.74) is 0.304. The quantitative estimate of drug-likeness (QED) is 0.592. The predicted molar refractivity (Wildman–Crippen MR) is 53.8 cm³/mol. The highest BCUT2D eigenvalue weighted by Gasteiger charge is 2.14. The first-order valence-electron chi connectivity index (χ1n) is 4.48. The van der Waals surface area contributed by atoms with Crippen LogP contribution >= 0.6 is 0 Å². The molecule has 0 aliphatic rings. The summed E-state index contributed by atoms with van der Waals surface area (Å²) in [5, 5.41) is 30.1. The van der Waals surface area contributed by atoms with E-state index in [0.717, 1.165) is 0 Å². The second-order valence-corrected chi connectivity index (χ2v) is 3.21. The van der Waals surface area contributed by atoms with Gasteiger partial charge >= 0.3 is 5.97 Å². The van der Waals surface area contributed by atoms with Crippen LogP contribution in [0.3, 0.4) is 0 Å². The van der Waals surface area contributed by atoms with Crippen LogP contribution < -0.4 is 5.32 Å². The summed E-state index contributed by atoms with van der Waals surface area (Å²) >= 11 is 0. The molecule has 1 aromatic carbocycles. The van der Waals surface area contributed by atoms with E-state index in [4.69, 9.17) is 5.11 Å². The van der Waals surface area contributed by atoms with Gasteiger partial charge in [-0.2, -0.15) is 0 Å². The number of carbonyl (C=O) groups is 1. The average Bonchev–Trinajstić information content (AvgIpc) is 2.14. The van der Waals surface area contributed by atoms with E-state index in [1.807, 2.05) is 0 Å². The summed E-state index contributed by atoms with van der Waals surface area (Å²) < 4.78 is 0. The highest BCUT2D eigenvalue weighted by atomic mass is 16.4. The Hall–Kier alpha value is -1.75. The van der Waals surface area contributed by atoms with Gasteiger partial charge in [-0.15, -0.1) is 0 Å². The SMILES string of the molecule is CC(NCC(=O)O)c1c(O)cccc1O. The lowest BCUT2D eigenvalue weighted by Crippen LogP contribution is -2.25. The van der Waals surface area contributed by atoms with Gasteiger partial charge in [0.25, 0.3) is 0 Å². The third-order valence-corrected chi connectivity index (χ3v) is 2.05. The monoisotopic (exact) mass is 211 g/mol. The van der Waals surface area contributed by atoms with Crippen molar-refractivity contribution in [1.29, 1.82) is 0 Å². The van der Waals surface area contributed by atoms with E-state index in [-0.39, 0.29) is 18.0 Å². The average molecular weight is 211 g/mol. The van der Waals surface area contributed by atoms with Gasteiger partial charge in [0.05, 0.1) is 12.1 Å². The van der Waals surface area contributed by atoms with Crippen molar-refractivity contribution in [2.24, 2.45) is 0 Å². The highest BCUT2D eigenvalue weighted by Crippen LogP contribution is 2.31. The minimum Gasteiger partial charge on any atom is -0.507 e. The van der Waals surface area contributed by atoms with E-state index < -0.39 is 12.0 Å². The molecule has 0 spiro atoms. The van der Waals surface area contributed by atoms with Crippen molar-refractivity contribution in [2.45, 2.75) is 13.0 Å². The third-order valence-electron chi connectivity index (χ3n) is 2.05. The van der Waals surface area contributed by atoms with Crippen molar-refractivity contribution >= 4 is 5.97 Å². The summed E-state index contributed by atoms with van der Waals surface area (Å²) in [6, 6.07) is 3.96. The number of rotatable bonds is 4. The molecule has 0 fully saturated rings. The maximum absolute atomic E-state index is 10.3. The zero-order valence-corrected chi connectivity index (χ0v) is 8.27. The van der Waals surface area contributed by atoms with E-state index in [2.05, 4.69) is 5.32 Å². The van der Waals surface area contributed by atoms with Crippen LogP contribution in [0.1, 0.15) is 18.5 Å². The van der Waals surface area contributed by atoms with Gasteiger partial charge in [-0.05, 0) is 19.1 Å². The lowest BCUT2D eigenvalue weighted by Gasteiger charge is -2.15. The van der Waals surface area contributed by atoms with E-state index >= 15 is 0 Å². The Morgan fingerprint density at radius 2 is 1.93 bits per heavy atom. The van der Waals surface area contributed by atoms with Crippen LogP contribution in [-0.4, -0.2) is 27.8 Å². The van der Waals surface area contributed by atoms with Crippen LogP contribution in [0.2, 0.25) is 0 Å². The molecule has 0 saturated heterocycles. The van der Waals surface area contributed by atoms with Gasteiger partial charge in [0.2, 0.25) is 0 Å². The lowest BCUT2D eigenvalue weighted by molar-refractivity contribution is -0.136. The van der Waals surface area contributed by atoms with Crippen LogP contribution in [0.5, 0.6) is 11.5 Å². The maximum atomic E-state index is 10.3. The topological polar surface area (TPSA) is 89.8 Å². The van der Waals surface area contributed by atoms with Gasteiger partial charge in [-0.3, -0.25) is 4.79 Å². The number of hydrogen-bond donors (Lipinski definition) is 4. The first-order chi connectivity index (χ1) is 7.02. The minimum absolute atomic E-state index is 0.0552. The molecule has 1 unspecified atom stereocenters. The lowest BCUT2D eigenvalue weighted by atomic mass is 10.1. The van der Waals surface area contributed by atoms with Crippen LogP contribution in [0.4, 0.5) is 0 Å². The van der Waals surface area contributed by atoms with Gasteiger partial charge in [0, 0.05) is 6.04 Å². The fraction of sp³-hybridized carbons (Fsp3) is 0.300. The molecule has 0 amide bonds. The van der Waals surface area contributed by atoms with Crippen molar-refractivity contribution in [3.8, 4) is 11.5 Å². The molecule has 15 heavy (non-hydrogen) atoms. The molecular formula is C10H13NO4. The Bertz CT molecular complexity index is 344. The van der Waals surface area contributed by atoms with Crippen LogP contribution in [-0.2, 0) is 4.79 Å². The molecule has 0 radical (unpaired) electrons. The van der Waals surface area contributed by atoms with Crippen LogP contribution in [0.25, 0.3) is 0 Å². The number of aromatic hydroxyl groups is 2. The molecule has 0 aromatic heterocycles. The fourth-order valence-electron chi connectivity index (χ4n) is 1.33. The summed E-state index contributed by atoms with van der Waals surface area (Å²) in [6.45, 7) is 1.44. The van der Waals surface area contributed by atoms with Gasteiger partial charge in [-0.25, -0.2) is 0 Å². The number of nitrogens with one attached hydrogen (secondary N) is 1. The Balaban J connectivity index is 2.81. The summed E-state index contributed by atoms with van der Waals surface area (Å²) in [4.78, 5) is 10.3. The zero-order valence-electron chi connectivity index (χ0n) is 8.27. The summed E-state index contributed by atoms with van der Waals surface area (Å²) in [5.74, 6) is -1.10. The Morgan fingerprint density at radius 3 is 2.40 bits per heavy atom. The number of hydrogen-bond acceptors (Lipinski definition) is 4. The molecule has 5 heteroatoms. The number of benzene rings is 1. The molecule has 0 saturated carbocycles. The smallest absolute Gasteiger partial charge is 0.317 e. The second kappa shape index (κ2) is 4.65. The van der Waals surface area contributed by atoms with Crippen molar-refractivity contribution in [1.82, 2.24) is 5.32 Å². The van der Waals surface area contributed by atoms with Gasteiger partial charge < -0.3 is 20.6 Å².